The normalized spacial score (nSPS) is 11.0. The third-order valence-corrected chi connectivity index (χ3v) is 4.28. The minimum Gasteiger partial charge on any atom is -0.320 e. The highest BCUT2D eigenvalue weighted by Crippen LogP contribution is 2.26. The van der Waals surface area contributed by atoms with Crippen molar-refractivity contribution in [2.24, 2.45) is 0 Å². The lowest BCUT2D eigenvalue weighted by Gasteiger charge is -2.07. The van der Waals surface area contributed by atoms with Crippen molar-refractivity contribution in [3.63, 3.8) is 0 Å². The Hall–Kier alpha value is -1.93. The molecule has 1 amide bonds. The van der Waals surface area contributed by atoms with Crippen LogP contribution < -0.4 is 5.32 Å². The fraction of sp³-hybridized carbons (Fsp3) is 0.0588. The van der Waals surface area contributed by atoms with E-state index in [1.54, 1.807) is 23.9 Å². The first-order valence-corrected chi connectivity index (χ1v) is 8.54. The van der Waals surface area contributed by atoms with Gasteiger partial charge in [-0.05, 0) is 48.2 Å². The number of thioether (sulfide) groups is 1. The SMILES string of the molecule is CSc1ccc(/C=C(\C#N)C(=O)Nc2cc(Cl)ccc2Cl)cc1. The molecule has 0 fully saturated rings. The summed E-state index contributed by atoms with van der Waals surface area (Å²) in [7, 11) is 0. The van der Waals surface area contributed by atoms with Crippen molar-refractivity contribution in [1.82, 2.24) is 0 Å². The highest BCUT2D eigenvalue weighted by atomic mass is 35.5. The van der Waals surface area contributed by atoms with Crippen LogP contribution >= 0.6 is 35.0 Å². The molecule has 0 bridgehead atoms. The highest BCUT2D eigenvalue weighted by Gasteiger charge is 2.12. The maximum Gasteiger partial charge on any atom is 0.266 e. The molecule has 2 rings (SSSR count). The van der Waals surface area contributed by atoms with Gasteiger partial charge in [0.2, 0.25) is 0 Å². The molecule has 116 valence electrons. The lowest BCUT2D eigenvalue weighted by molar-refractivity contribution is -0.112. The minimum atomic E-state index is -0.536. The number of nitrogens with one attached hydrogen (secondary N) is 1. The Balaban J connectivity index is 2.22. The summed E-state index contributed by atoms with van der Waals surface area (Å²) < 4.78 is 0. The molecule has 0 radical (unpaired) electrons. The van der Waals surface area contributed by atoms with Gasteiger partial charge in [0.15, 0.2) is 0 Å². The van der Waals surface area contributed by atoms with E-state index in [4.69, 9.17) is 23.2 Å². The second kappa shape index (κ2) is 8.07. The second-order valence-electron chi connectivity index (χ2n) is 4.52. The zero-order chi connectivity index (χ0) is 16.8. The van der Waals surface area contributed by atoms with Crippen molar-refractivity contribution in [2.45, 2.75) is 4.90 Å². The van der Waals surface area contributed by atoms with Crippen LogP contribution in [0.2, 0.25) is 10.0 Å². The molecule has 0 aliphatic carbocycles. The number of nitriles is 1. The van der Waals surface area contributed by atoms with Crippen LogP contribution in [-0.2, 0) is 4.79 Å². The Morgan fingerprint density at radius 2 is 1.91 bits per heavy atom. The molecule has 2 aromatic rings. The van der Waals surface area contributed by atoms with Crippen LogP contribution in [0.5, 0.6) is 0 Å². The fourth-order valence-electron chi connectivity index (χ4n) is 1.80. The molecule has 0 unspecified atom stereocenters. The van der Waals surface area contributed by atoms with Gasteiger partial charge in [0, 0.05) is 9.92 Å². The molecule has 0 spiro atoms. The Labute approximate surface area is 148 Å². The Bertz CT molecular complexity index is 795. The molecule has 0 aromatic heterocycles. The number of benzene rings is 2. The highest BCUT2D eigenvalue weighted by molar-refractivity contribution is 7.98. The lowest BCUT2D eigenvalue weighted by Crippen LogP contribution is -2.13. The van der Waals surface area contributed by atoms with Gasteiger partial charge in [-0.2, -0.15) is 5.26 Å². The number of halogens is 2. The molecule has 6 heteroatoms. The first-order valence-electron chi connectivity index (χ1n) is 6.55. The third-order valence-electron chi connectivity index (χ3n) is 2.97. The van der Waals surface area contributed by atoms with Crippen molar-refractivity contribution < 1.29 is 4.79 Å². The Kier molecular flexibility index (Phi) is 6.12. The Morgan fingerprint density at radius 3 is 2.52 bits per heavy atom. The summed E-state index contributed by atoms with van der Waals surface area (Å²) in [5.41, 5.74) is 1.12. The number of anilines is 1. The van der Waals surface area contributed by atoms with Gasteiger partial charge in [0.05, 0.1) is 10.7 Å². The predicted molar refractivity (Wildman–Crippen MR) is 96.9 cm³/mol. The molecule has 0 aliphatic rings. The van der Waals surface area contributed by atoms with Crippen LogP contribution in [0.15, 0.2) is 52.9 Å². The summed E-state index contributed by atoms with van der Waals surface area (Å²) >= 11 is 13.5. The topological polar surface area (TPSA) is 52.9 Å². The second-order valence-corrected chi connectivity index (χ2v) is 6.24. The zero-order valence-electron chi connectivity index (χ0n) is 12.1. The van der Waals surface area contributed by atoms with Crippen LogP contribution in [-0.4, -0.2) is 12.2 Å². The van der Waals surface area contributed by atoms with Crippen LogP contribution in [0.25, 0.3) is 6.08 Å². The Morgan fingerprint density at radius 1 is 1.22 bits per heavy atom. The van der Waals surface area contributed by atoms with E-state index in [1.807, 2.05) is 36.6 Å². The van der Waals surface area contributed by atoms with Crippen molar-refractivity contribution in [2.75, 3.05) is 11.6 Å². The molecule has 0 saturated carbocycles. The van der Waals surface area contributed by atoms with Gasteiger partial charge in [-0.25, -0.2) is 0 Å². The minimum absolute atomic E-state index is 0.0158. The molecule has 0 aliphatic heterocycles. The molecular weight excluding hydrogens is 351 g/mol. The standard InChI is InChI=1S/C17H12Cl2N2OS/c1-23-14-5-2-11(3-6-14)8-12(10-20)17(22)21-16-9-13(18)4-7-15(16)19/h2-9H,1H3,(H,21,22)/b12-8+. The van der Waals surface area contributed by atoms with Crippen LogP contribution in [0.1, 0.15) is 5.56 Å². The van der Waals surface area contributed by atoms with Gasteiger partial charge >= 0.3 is 0 Å². The molecule has 1 N–H and O–H groups in total. The maximum atomic E-state index is 12.2. The van der Waals surface area contributed by atoms with E-state index in [9.17, 15) is 10.1 Å². The summed E-state index contributed by atoms with van der Waals surface area (Å²) in [6, 6.07) is 14.2. The van der Waals surface area contributed by atoms with Gasteiger partial charge in [0.1, 0.15) is 11.6 Å². The number of amides is 1. The average Bonchev–Trinajstić information content (AvgIpc) is 2.56. The predicted octanol–water partition coefficient (Wildman–Crippen LogP) is 5.26. The molecular formula is C17H12Cl2N2OS. The van der Waals surface area contributed by atoms with Gasteiger partial charge in [0.25, 0.3) is 5.91 Å². The first-order chi connectivity index (χ1) is 11.0. The molecule has 0 atom stereocenters. The van der Waals surface area contributed by atoms with E-state index in [0.717, 1.165) is 10.5 Å². The largest absolute Gasteiger partial charge is 0.320 e. The smallest absolute Gasteiger partial charge is 0.266 e. The lowest BCUT2D eigenvalue weighted by atomic mass is 10.1. The van der Waals surface area contributed by atoms with Crippen LogP contribution in [0.3, 0.4) is 0 Å². The van der Waals surface area contributed by atoms with Gasteiger partial charge in [-0.15, -0.1) is 11.8 Å². The van der Waals surface area contributed by atoms with E-state index in [1.165, 1.54) is 12.1 Å². The first kappa shape index (κ1) is 17.4. The van der Waals surface area contributed by atoms with E-state index in [-0.39, 0.29) is 5.57 Å². The molecule has 3 nitrogen and oxygen atoms in total. The number of hydrogen-bond acceptors (Lipinski definition) is 3. The summed E-state index contributed by atoms with van der Waals surface area (Å²) in [4.78, 5) is 13.3. The number of carbonyl (C=O) groups is 1. The van der Waals surface area contributed by atoms with Crippen LogP contribution in [0.4, 0.5) is 5.69 Å². The van der Waals surface area contributed by atoms with Crippen molar-refractivity contribution in [3.05, 3.63) is 63.6 Å². The number of nitrogens with zero attached hydrogens (tertiary/aromatic N) is 1. The molecule has 23 heavy (non-hydrogen) atoms. The summed E-state index contributed by atoms with van der Waals surface area (Å²) in [6.45, 7) is 0. The van der Waals surface area contributed by atoms with Crippen LogP contribution in [0, 0.1) is 11.3 Å². The van der Waals surface area contributed by atoms with E-state index in [0.29, 0.717) is 15.7 Å². The molecule has 0 heterocycles. The average molecular weight is 363 g/mol. The van der Waals surface area contributed by atoms with Gasteiger partial charge < -0.3 is 5.32 Å². The third kappa shape index (κ3) is 4.77. The monoisotopic (exact) mass is 362 g/mol. The zero-order valence-corrected chi connectivity index (χ0v) is 14.5. The fourth-order valence-corrected chi connectivity index (χ4v) is 2.54. The maximum absolute atomic E-state index is 12.2. The van der Waals surface area contributed by atoms with Crippen molar-refractivity contribution in [3.8, 4) is 6.07 Å². The number of hydrogen-bond donors (Lipinski definition) is 1. The quantitative estimate of drug-likeness (QED) is 0.458. The molecule has 2 aromatic carbocycles. The van der Waals surface area contributed by atoms with Crippen molar-refractivity contribution >= 4 is 52.6 Å². The van der Waals surface area contributed by atoms with E-state index < -0.39 is 5.91 Å². The van der Waals surface area contributed by atoms with E-state index >= 15 is 0 Å². The number of carbonyl (C=O) groups excluding carboxylic acids is 1. The summed E-state index contributed by atoms with van der Waals surface area (Å²) in [5.74, 6) is -0.536. The van der Waals surface area contributed by atoms with E-state index in [2.05, 4.69) is 5.32 Å². The van der Waals surface area contributed by atoms with Gasteiger partial charge in [-0.3, -0.25) is 4.79 Å². The summed E-state index contributed by atoms with van der Waals surface area (Å²) in [6.07, 6.45) is 3.51. The number of rotatable bonds is 4. The van der Waals surface area contributed by atoms with Crippen molar-refractivity contribution in [1.29, 1.82) is 5.26 Å². The van der Waals surface area contributed by atoms with Gasteiger partial charge in [-0.1, -0.05) is 35.3 Å². The molecule has 0 saturated heterocycles. The summed E-state index contributed by atoms with van der Waals surface area (Å²) in [5, 5.41) is 12.6.